The Balaban J connectivity index is 1.75. The number of nitrogens with zero attached hydrogens (tertiary/aromatic N) is 4. The molecule has 1 amide bonds. The molecule has 1 aliphatic heterocycles. The van der Waals surface area contributed by atoms with E-state index in [0.29, 0.717) is 29.2 Å². The Morgan fingerprint density at radius 3 is 2.59 bits per heavy atom. The molecule has 5 nitrogen and oxygen atoms in total. The minimum Gasteiger partial charge on any atom is -0.305 e. The second kappa shape index (κ2) is 6.88. The molecule has 0 unspecified atom stereocenters. The number of rotatable bonds is 3. The van der Waals surface area contributed by atoms with Gasteiger partial charge in [0.05, 0.1) is 23.5 Å². The van der Waals surface area contributed by atoms with Crippen LogP contribution in [0.4, 0.5) is 18.9 Å². The van der Waals surface area contributed by atoms with Crippen LogP contribution in [0.5, 0.6) is 0 Å². The van der Waals surface area contributed by atoms with Crippen molar-refractivity contribution in [2.45, 2.75) is 19.1 Å². The molecule has 3 heterocycles. The number of hydrogen-bond donors (Lipinski definition) is 0. The molecule has 0 saturated carbocycles. The van der Waals surface area contributed by atoms with Crippen LogP contribution >= 0.6 is 0 Å². The van der Waals surface area contributed by atoms with E-state index in [2.05, 4.69) is 16.7 Å². The van der Waals surface area contributed by atoms with Gasteiger partial charge in [0, 0.05) is 24.0 Å². The maximum Gasteiger partial charge on any atom is 0.416 e. The molecule has 0 aliphatic carbocycles. The van der Waals surface area contributed by atoms with E-state index in [4.69, 9.17) is 0 Å². The van der Waals surface area contributed by atoms with Crippen molar-refractivity contribution in [3.05, 3.63) is 72.3 Å². The summed E-state index contributed by atoms with van der Waals surface area (Å²) in [5.41, 5.74) is 2.13. The van der Waals surface area contributed by atoms with Gasteiger partial charge < -0.3 is 4.90 Å². The van der Waals surface area contributed by atoms with Gasteiger partial charge in [0.1, 0.15) is 5.69 Å². The van der Waals surface area contributed by atoms with Gasteiger partial charge in [-0.2, -0.15) is 18.3 Å². The van der Waals surface area contributed by atoms with E-state index < -0.39 is 11.7 Å². The van der Waals surface area contributed by atoms with Crippen molar-refractivity contribution in [2.75, 3.05) is 11.4 Å². The SMILES string of the molecule is C=Cc1cc(-c2cnn3c2C(=O)N(c2ccc(C(F)(F)F)cc2)C[C@@H]3C)ccn1. The van der Waals surface area contributed by atoms with Crippen LogP contribution in [-0.2, 0) is 6.18 Å². The summed E-state index contributed by atoms with van der Waals surface area (Å²) in [7, 11) is 0. The molecule has 3 aromatic rings. The molecule has 8 heteroatoms. The van der Waals surface area contributed by atoms with Crippen LogP contribution in [0.25, 0.3) is 17.2 Å². The van der Waals surface area contributed by atoms with Gasteiger partial charge >= 0.3 is 6.18 Å². The topological polar surface area (TPSA) is 51.0 Å². The van der Waals surface area contributed by atoms with Crippen molar-refractivity contribution in [3.8, 4) is 11.1 Å². The van der Waals surface area contributed by atoms with Crippen molar-refractivity contribution in [3.63, 3.8) is 0 Å². The van der Waals surface area contributed by atoms with Gasteiger partial charge in [-0.15, -0.1) is 0 Å². The normalized spacial score (nSPS) is 16.6. The summed E-state index contributed by atoms with van der Waals surface area (Å²) in [6.45, 7) is 5.93. The number of pyridine rings is 1. The Morgan fingerprint density at radius 1 is 1.21 bits per heavy atom. The lowest BCUT2D eigenvalue weighted by atomic mass is 10.0. The van der Waals surface area contributed by atoms with Crippen molar-refractivity contribution in [1.82, 2.24) is 14.8 Å². The first-order valence-corrected chi connectivity index (χ1v) is 8.95. The van der Waals surface area contributed by atoms with Gasteiger partial charge in [-0.1, -0.05) is 6.58 Å². The highest BCUT2D eigenvalue weighted by Crippen LogP contribution is 2.34. The quantitative estimate of drug-likeness (QED) is 0.635. The fraction of sp³-hybridized carbons (Fsp3) is 0.190. The van der Waals surface area contributed by atoms with Gasteiger partial charge in [0.25, 0.3) is 5.91 Å². The number of benzene rings is 1. The lowest BCUT2D eigenvalue weighted by Crippen LogP contribution is -2.42. The minimum absolute atomic E-state index is 0.139. The Morgan fingerprint density at radius 2 is 1.93 bits per heavy atom. The third kappa shape index (κ3) is 3.30. The average Bonchev–Trinajstić information content (AvgIpc) is 3.16. The highest BCUT2D eigenvalue weighted by molar-refractivity contribution is 6.09. The number of anilines is 1. The predicted molar refractivity (Wildman–Crippen MR) is 103 cm³/mol. The van der Waals surface area contributed by atoms with Crippen LogP contribution in [-0.4, -0.2) is 27.2 Å². The number of carbonyl (C=O) groups is 1. The van der Waals surface area contributed by atoms with Crippen LogP contribution in [0.15, 0.2) is 55.4 Å². The summed E-state index contributed by atoms with van der Waals surface area (Å²) in [6, 6.07) is 8.06. The third-order valence-electron chi connectivity index (χ3n) is 4.92. The summed E-state index contributed by atoms with van der Waals surface area (Å²) in [6.07, 6.45) is 0.440. The summed E-state index contributed by atoms with van der Waals surface area (Å²) < 4.78 is 40.2. The van der Waals surface area contributed by atoms with Gasteiger partial charge in [-0.05, 0) is 55.0 Å². The number of halogens is 3. The number of amides is 1. The van der Waals surface area contributed by atoms with E-state index in [1.165, 1.54) is 17.0 Å². The molecule has 0 radical (unpaired) electrons. The lowest BCUT2D eigenvalue weighted by Gasteiger charge is -2.32. The molecule has 0 bridgehead atoms. The maximum atomic E-state index is 13.3. The maximum absolute atomic E-state index is 13.3. The van der Waals surface area contributed by atoms with Crippen molar-refractivity contribution in [2.24, 2.45) is 0 Å². The first kappa shape index (κ1) is 18.9. The van der Waals surface area contributed by atoms with E-state index in [1.807, 2.05) is 6.92 Å². The average molecular weight is 398 g/mol. The number of carbonyl (C=O) groups excluding carboxylic acids is 1. The van der Waals surface area contributed by atoms with Crippen LogP contribution in [0.2, 0.25) is 0 Å². The van der Waals surface area contributed by atoms with E-state index in [-0.39, 0.29) is 11.9 Å². The Kier molecular flexibility index (Phi) is 4.49. The first-order valence-electron chi connectivity index (χ1n) is 8.95. The zero-order valence-corrected chi connectivity index (χ0v) is 15.5. The summed E-state index contributed by atoms with van der Waals surface area (Å²) in [5, 5.41) is 4.37. The van der Waals surface area contributed by atoms with Crippen LogP contribution in [0.1, 0.15) is 34.7 Å². The molecule has 148 valence electrons. The number of alkyl halides is 3. The van der Waals surface area contributed by atoms with E-state index in [9.17, 15) is 18.0 Å². The molecular formula is C21H17F3N4O. The van der Waals surface area contributed by atoms with Gasteiger partial charge in [0.15, 0.2) is 0 Å². The molecular weight excluding hydrogens is 381 g/mol. The van der Waals surface area contributed by atoms with Crippen LogP contribution in [0.3, 0.4) is 0 Å². The van der Waals surface area contributed by atoms with E-state index in [1.54, 1.807) is 35.3 Å². The summed E-state index contributed by atoms with van der Waals surface area (Å²) in [5.74, 6) is -0.313. The Labute approximate surface area is 165 Å². The molecule has 1 aliphatic rings. The molecule has 0 saturated heterocycles. The minimum atomic E-state index is -4.42. The molecule has 1 aromatic carbocycles. The summed E-state index contributed by atoms with van der Waals surface area (Å²) >= 11 is 0. The number of fused-ring (bicyclic) bond motifs is 1. The zero-order valence-electron chi connectivity index (χ0n) is 15.5. The Hall–Kier alpha value is -3.42. The molecule has 0 N–H and O–H groups in total. The number of hydrogen-bond acceptors (Lipinski definition) is 3. The molecule has 0 fully saturated rings. The number of aromatic nitrogens is 3. The van der Waals surface area contributed by atoms with Crippen molar-refractivity contribution < 1.29 is 18.0 Å². The molecule has 0 spiro atoms. The van der Waals surface area contributed by atoms with E-state index in [0.717, 1.165) is 17.7 Å². The predicted octanol–water partition coefficient (Wildman–Crippen LogP) is 4.83. The van der Waals surface area contributed by atoms with Crippen molar-refractivity contribution >= 4 is 17.7 Å². The molecule has 2 aromatic heterocycles. The molecule has 29 heavy (non-hydrogen) atoms. The smallest absolute Gasteiger partial charge is 0.305 e. The second-order valence-corrected chi connectivity index (χ2v) is 6.83. The highest BCUT2D eigenvalue weighted by Gasteiger charge is 2.35. The third-order valence-corrected chi connectivity index (χ3v) is 4.92. The van der Waals surface area contributed by atoms with E-state index >= 15 is 0 Å². The van der Waals surface area contributed by atoms with Gasteiger partial charge in [-0.25, -0.2) is 0 Å². The highest BCUT2D eigenvalue weighted by atomic mass is 19.4. The molecule has 4 rings (SSSR count). The summed E-state index contributed by atoms with van der Waals surface area (Å²) in [4.78, 5) is 18.9. The monoisotopic (exact) mass is 398 g/mol. The fourth-order valence-corrected chi connectivity index (χ4v) is 3.45. The van der Waals surface area contributed by atoms with Gasteiger partial charge in [-0.3, -0.25) is 14.5 Å². The largest absolute Gasteiger partial charge is 0.416 e. The lowest BCUT2D eigenvalue weighted by molar-refractivity contribution is -0.137. The van der Waals surface area contributed by atoms with Crippen molar-refractivity contribution in [1.29, 1.82) is 0 Å². The first-order chi connectivity index (χ1) is 13.8. The zero-order chi connectivity index (χ0) is 20.8. The Bertz CT molecular complexity index is 1090. The van der Waals surface area contributed by atoms with Crippen LogP contribution < -0.4 is 4.90 Å². The second-order valence-electron chi connectivity index (χ2n) is 6.83. The van der Waals surface area contributed by atoms with Crippen LogP contribution in [0, 0.1) is 0 Å². The van der Waals surface area contributed by atoms with Gasteiger partial charge in [0.2, 0.25) is 0 Å². The standard InChI is InChI=1S/C21H17F3N4O/c1-3-16-10-14(8-9-25-16)18-11-26-28-13(2)12-27(20(29)19(18)28)17-6-4-15(5-7-17)21(22,23)24/h3-11,13H,1,12H2,2H3/t13-/m0/s1. The fourth-order valence-electron chi connectivity index (χ4n) is 3.45. The molecule has 1 atom stereocenters.